The molecular formula is C13H24N2O3. The van der Waals surface area contributed by atoms with Crippen LogP contribution in [0.4, 0.5) is 4.79 Å². The molecule has 2 atom stereocenters. The molecule has 1 fully saturated rings. The zero-order valence-electron chi connectivity index (χ0n) is 11.7. The van der Waals surface area contributed by atoms with E-state index in [9.17, 15) is 9.59 Å². The van der Waals surface area contributed by atoms with E-state index in [2.05, 4.69) is 12.2 Å². The number of rotatable bonds is 3. The van der Waals surface area contributed by atoms with Gasteiger partial charge in [-0.3, -0.25) is 0 Å². The van der Waals surface area contributed by atoms with Crippen LogP contribution in [0.5, 0.6) is 0 Å². The third-order valence-corrected chi connectivity index (χ3v) is 3.84. The lowest BCUT2D eigenvalue weighted by molar-refractivity contribution is -0.143. The smallest absolute Gasteiger partial charge is 0.328 e. The van der Waals surface area contributed by atoms with Gasteiger partial charge in [0.25, 0.3) is 0 Å². The molecule has 0 heterocycles. The number of nitrogens with zero attached hydrogens (tertiary/aromatic N) is 1. The van der Waals surface area contributed by atoms with Crippen molar-refractivity contribution in [3.63, 3.8) is 0 Å². The molecule has 5 heteroatoms. The summed E-state index contributed by atoms with van der Waals surface area (Å²) in [7, 11) is 1.75. The van der Waals surface area contributed by atoms with E-state index in [0.29, 0.717) is 5.92 Å². The first-order chi connectivity index (χ1) is 8.25. The predicted molar refractivity (Wildman–Crippen MR) is 69.4 cm³/mol. The third-order valence-electron chi connectivity index (χ3n) is 3.84. The zero-order valence-corrected chi connectivity index (χ0v) is 11.7. The highest BCUT2D eigenvalue weighted by atomic mass is 16.4. The van der Waals surface area contributed by atoms with Crippen LogP contribution in [-0.2, 0) is 4.79 Å². The van der Waals surface area contributed by atoms with Gasteiger partial charge in [0.1, 0.15) is 5.54 Å². The van der Waals surface area contributed by atoms with E-state index in [1.807, 2.05) is 0 Å². The Kier molecular flexibility index (Phi) is 4.59. The Morgan fingerprint density at radius 3 is 2.33 bits per heavy atom. The van der Waals surface area contributed by atoms with Crippen LogP contribution in [0.2, 0.25) is 0 Å². The first-order valence-corrected chi connectivity index (χ1v) is 6.54. The number of aliphatic carboxylic acids is 1. The molecule has 2 N–H and O–H groups in total. The summed E-state index contributed by atoms with van der Waals surface area (Å²) in [4.78, 5) is 24.7. The maximum atomic E-state index is 12.1. The van der Waals surface area contributed by atoms with Crippen molar-refractivity contribution in [2.45, 2.75) is 58.0 Å². The van der Waals surface area contributed by atoms with Gasteiger partial charge in [-0.05, 0) is 32.6 Å². The minimum absolute atomic E-state index is 0.211. The second-order valence-electron chi connectivity index (χ2n) is 5.80. The lowest BCUT2D eigenvalue weighted by Crippen LogP contribution is -2.56. The molecule has 0 radical (unpaired) electrons. The molecule has 0 bridgehead atoms. The fraction of sp³-hybridized carbons (Fsp3) is 0.846. The van der Waals surface area contributed by atoms with Crippen molar-refractivity contribution in [2.75, 3.05) is 7.05 Å². The molecule has 2 amide bonds. The Morgan fingerprint density at radius 2 is 1.83 bits per heavy atom. The molecule has 1 aliphatic carbocycles. The normalized spacial score (nSPS) is 24.4. The van der Waals surface area contributed by atoms with E-state index in [1.165, 1.54) is 20.3 Å². The van der Waals surface area contributed by atoms with Gasteiger partial charge in [-0.1, -0.05) is 19.8 Å². The van der Waals surface area contributed by atoms with Crippen LogP contribution in [0.1, 0.15) is 46.5 Å². The summed E-state index contributed by atoms with van der Waals surface area (Å²) in [5.41, 5.74) is -1.23. The summed E-state index contributed by atoms with van der Waals surface area (Å²) in [6.07, 6.45) is 4.48. The zero-order chi connectivity index (χ0) is 13.9. The van der Waals surface area contributed by atoms with E-state index in [0.717, 1.165) is 19.3 Å². The van der Waals surface area contributed by atoms with Crippen LogP contribution < -0.4 is 5.32 Å². The summed E-state index contributed by atoms with van der Waals surface area (Å²) < 4.78 is 0. The van der Waals surface area contributed by atoms with Crippen LogP contribution in [0.15, 0.2) is 0 Å². The number of carbonyl (C=O) groups is 2. The highest BCUT2D eigenvalue weighted by molar-refractivity contribution is 5.85. The standard InChI is InChI=1S/C13H24N2O3/c1-9-7-5-6-8-10(9)15(4)12(18)14-13(2,3)11(16)17/h9-10H,5-8H2,1-4H3,(H,14,18)(H,16,17). The average molecular weight is 256 g/mol. The van der Waals surface area contributed by atoms with Crippen LogP contribution in [0.3, 0.4) is 0 Å². The number of carboxylic acids is 1. The number of hydrogen-bond acceptors (Lipinski definition) is 2. The molecule has 0 aromatic carbocycles. The Morgan fingerprint density at radius 1 is 1.28 bits per heavy atom. The number of urea groups is 1. The van der Waals surface area contributed by atoms with Crippen LogP contribution in [0.25, 0.3) is 0 Å². The molecule has 0 aliphatic heterocycles. The van der Waals surface area contributed by atoms with Gasteiger partial charge in [0.2, 0.25) is 0 Å². The van der Waals surface area contributed by atoms with Crippen molar-refractivity contribution >= 4 is 12.0 Å². The number of nitrogens with one attached hydrogen (secondary N) is 1. The Bertz CT molecular complexity index is 328. The first-order valence-electron chi connectivity index (χ1n) is 6.54. The first kappa shape index (κ1) is 14.8. The highest BCUT2D eigenvalue weighted by Crippen LogP contribution is 2.27. The van der Waals surface area contributed by atoms with E-state index >= 15 is 0 Å². The van der Waals surface area contributed by atoms with E-state index in [1.54, 1.807) is 11.9 Å². The maximum absolute atomic E-state index is 12.1. The van der Waals surface area contributed by atoms with Gasteiger partial charge in [0.15, 0.2) is 0 Å². The Balaban J connectivity index is 2.63. The number of hydrogen-bond donors (Lipinski definition) is 2. The molecule has 18 heavy (non-hydrogen) atoms. The summed E-state index contributed by atoms with van der Waals surface area (Å²) in [5.74, 6) is -0.552. The van der Waals surface area contributed by atoms with E-state index < -0.39 is 11.5 Å². The van der Waals surface area contributed by atoms with E-state index in [-0.39, 0.29) is 12.1 Å². The second-order valence-corrected chi connectivity index (χ2v) is 5.80. The molecule has 1 rings (SSSR count). The van der Waals surface area contributed by atoms with Gasteiger partial charge in [-0.25, -0.2) is 9.59 Å². The number of carbonyl (C=O) groups excluding carboxylic acids is 1. The van der Waals surface area contributed by atoms with E-state index in [4.69, 9.17) is 5.11 Å². The van der Waals surface area contributed by atoms with Crippen molar-refractivity contribution in [1.29, 1.82) is 0 Å². The molecule has 5 nitrogen and oxygen atoms in total. The van der Waals surface area contributed by atoms with Gasteiger partial charge >= 0.3 is 12.0 Å². The molecule has 0 aromatic rings. The molecule has 0 spiro atoms. The van der Waals surface area contributed by atoms with Gasteiger partial charge in [0.05, 0.1) is 0 Å². The second kappa shape index (κ2) is 5.59. The lowest BCUT2D eigenvalue weighted by atomic mass is 9.85. The predicted octanol–water partition coefficient (Wildman–Crippen LogP) is 2.07. The van der Waals surface area contributed by atoms with Crippen molar-refractivity contribution in [3.8, 4) is 0 Å². The van der Waals surface area contributed by atoms with Crippen molar-refractivity contribution in [1.82, 2.24) is 10.2 Å². The van der Waals surface area contributed by atoms with Gasteiger partial charge in [-0.2, -0.15) is 0 Å². The molecule has 104 valence electrons. The maximum Gasteiger partial charge on any atom is 0.328 e. The van der Waals surface area contributed by atoms with Crippen LogP contribution in [-0.4, -0.2) is 40.6 Å². The van der Waals surface area contributed by atoms with Crippen molar-refractivity contribution in [3.05, 3.63) is 0 Å². The number of carboxylic acid groups (broad SMARTS) is 1. The highest BCUT2D eigenvalue weighted by Gasteiger charge is 2.33. The lowest BCUT2D eigenvalue weighted by Gasteiger charge is -2.37. The topological polar surface area (TPSA) is 69.6 Å². The Labute approximate surface area is 109 Å². The molecule has 1 saturated carbocycles. The fourth-order valence-electron chi connectivity index (χ4n) is 2.43. The molecule has 0 saturated heterocycles. The minimum Gasteiger partial charge on any atom is -0.480 e. The molecule has 1 aliphatic rings. The van der Waals surface area contributed by atoms with Gasteiger partial charge in [-0.15, -0.1) is 0 Å². The van der Waals surface area contributed by atoms with Crippen molar-refractivity contribution in [2.24, 2.45) is 5.92 Å². The third kappa shape index (κ3) is 3.37. The summed E-state index contributed by atoms with van der Waals surface area (Å²) in [6, 6.07) is -0.0931. The SMILES string of the molecule is CC1CCCCC1N(C)C(=O)NC(C)(C)C(=O)O. The summed E-state index contributed by atoms with van der Waals surface area (Å²) in [6.45, 7) is 5.13. The van der Waals surface area contributed by atoms with Gasteiger partial charge < -0.3 is 15.3 Å². The minimum atomic E-state index is -1.23. The summed E-state index contributed by atoms with van der Waals surface area (Å²) in [5, 5.41) is 11.6. The Hall–Kier alpha value is -1.26. The van der Waals surface area contributed by atoms with Crippen LogP contribution in [0, 0.1) is 5.92 Å². The molecular weight excluding hydrogens is 232 g/mol. The van der Waals surface area contributed by atoms with Crippen LogP contribution >= 0.6 is 0 Å². The molecule has 2 unspecified atom stereocenters. The van der Waals surface area contributed by atoms with Crippen molar-refractivity contribution < 1.29 is 14.7 Å². The van der Waals surface area contributed by atoms with Gasteiger partial charge in [0, 0.05) is 13.1 Å². The molecule has 0 aromatic heterocycles. The monoisotopic (exact) mass is 256 g/mol. The number of amides is 2. The average Bonchev–Trinajstić information content (AvgIpc) is 2.28. The fourth-order valence-corrected chi connectivity index (χ4v) is 2.43. The summed E-state index contributed by atoms with van der Waals surface area (Å²) >= 11 is 0. The quantitative estimate of drug-likeness (QED) is 0.812. The largest absolute Gasteiger partial charge is 0.480 e.